The van der Waals surface area contributed by atoms with Gasteiger partial charge in [-0.1, -0.05) is 12.8 Å². The van der Waals surface area contributed by atoms with E-state index in [2.05, 4.69) is 34.1 Å². The highest BCUT2D eigenvalue weighted by Crippen LogP contribution is 2.36. The highest BCUT2D eigenvalue weighted by Gasteiger charge is 2.40. The maximum Gasteiger partial charge on any atom is 0.227 e. The number of nitrogens with zero attached hydrogens (tertiary/aromatic N) is 2. The first-order chi connectivity index (χ1) is 12.1. The second-order valence-corrected chi connectivity index (χ2v) is 8.05. The summed E-state index contributed by atoms with van der Waals surface area (Å²) < 4.78 is 0. The second kappa shape index (κ2) is 8.80. The minimum absolute atomic E-state index is 0. The molecule has 2 aromatic heterocycles. The summed E-state index contributed by atoms with van der Waals surface area (Å²) in [6, 6.07) is 4.12. The maximum atomic E-state index is 13.0. The van der Waals surface area contributed by atoms with Crippen molar-refractivity contribution in [3.05, 3.63) is 30.1 Å². The smallest absolute Gasteiger partial charge is 0.227 e. The van der Waals surface area contributed by atoms with Crippen LogP contribution in [0.25, 0.3) is 11.0 Å². The lowest BCUT2D eigenvalue weighted by atomic mass is 9.73. The van der Waals surface area contributed by atoms with E-state index in [1.54, 1.807) is 0 Å². The average Bonchev–Trinajstić information content (AvgIpc) is 3.05. The highest BCUT2D eigenvalue weighted by atomic mass is 35.5. The number of likely N-dealkylation sites (tertiary alicyclic amines) is 1. The van der Waals surface area contributed by atoms with Crippen LogP contribution in [-0.4, -0.2) is 39.4 Å². The van der Waals surface area contributed by atoms with Crippen molar-refractivity contribution in [2.75, 3.05) is 13.1 Å². The van der Waals surface area contributed by atoms with Gasteiger partial charge in [-0.15, -0.1) is 24.8 Å². The Balaban J connectivity index is 0.00000131. The number of carbonyl (C=O) groups excluding carboxylic acids is 1. The van der Waals surface area contributed by atoms with Gasteiger partial charge in [-0.3, -0.25) is 4.79 Å². The molecule has 2 unspecified atom stereocenters. The first-order valence-corrected chi connectivity index (χ1v) is 9.56. The van der Waals surface area contributed by atoms with Crippen molar-refractivity contribution in [1.29, 1.82) is 0 Å². The number of halogens is 2. The third-order valence-corrected chi connectivity index (χ3v) is 6.28. The molecule has 7 heteroatoms. The van der Waals surface area contributed by atoms with E-state index in [-0.39, 0.29) is 42.2 Å². The zero-order valence-corrected chi connectivity index (χ0v) is 17.5. The fourth-order valence-corrected chi connectivity index (χ4v) is 4.71. The molecule has 4 rings (SSSR count). The fraction of sp³-hybridized carbons (Fsp3) is 0.600. The van der Waals surface area contributed by atoms with Crippen molar-refractivity contribution in [2.45, 2.75) is 56.9 Å². The molecule has 3 N–H and O–H groups in total. The number of nitrogens with two attached hydrogens (primary N) is 1. The number of hydrogen-bond donors (Lipinski definition) is 2. The predicted octanol–water partition coefficient (Wildman–Crippen LogP) is 4.02. The average molecular weight is 413 g/mol. The van der Waals surface area contributed by atoms with Gasteiger partial charge in [0.25, 0.3) is 0 Å². The van der Waals surface area contributed by atoms with Crippen LogP contribution in [-0.2, 0) is 4.79 Å². The summed E-state index contributed by atoms with van der Waals surface area (Å²) in [6.45, 7) is 3.73. The molecular weight excluding hydrogens is 383 g/mol. The highest BCUT2D eigenvalue weighted by molar-refractivity contribution is 5.85. The summed E-state index contributed by atoms with van der Waals surface area (Å²) in [5, 5.41) is 1.22. The number of H-pyrrole nitrogens is 1. The Labute approximate surface area is 173 Å². The van der Waals surface area contributed by atoms with Crippen molar-refractivity contribution in [3.63, 3.8) is 0 Å². The lowest BCUT2D eigenvalue weighted by Crippen LogP contribution is -2.54. The van der Waals surface area contributed by atoms with Crippen LogP contribution in [0.3, 0.4) is 0 Å². The van der Waals surface area contributed by atoms with Crippen LogP contribution in [0.2, 0.25) is 0 Å². The van der Waals surface area contributed by atoms with E-state index in [0.717, 1.165) is 57.3 Å². The van der Waals surface area contributed by atoms with Gasteiger partial charge in [0.1, 0.15) is 5.65 Å². The van der Waals surface area contributed by atoms with Gasteiger partial charge in [-0.05, 0) is 56.2 Å². The van der Waals surface area contributed by atoms with Crippen molar-refractivity contribution >= 4 is 41.8 Å². The van der Waals surface area contributed by atoms with Crippen molar-refractivity contribution < 1.29 is 4.79 Å². The molecule has 1 aliphatic carbocycles. The number of carbonyl (C=O) groups is 1. The molecule has 3 heterocycles. The molecule has 0 bridgehead atoms. The monoisotopic (exact) mass is 412 g/mol. The lowest BCUT2D eigenvalue weighted by Gasteiger charge is -2.41. The molecule has 150 valence electrons. The van der Waals surface area contributed by atoms with Gasteiger partial charge in [0.15, 0.2) is 0 Å². The largest absolute Gasteiger partial charge is 0.346 e. The Bertz CT molecular complexity index is 768. The second-order valence-electron chi connectivity index (χ2n) is 8.05. The van der Waals surface area contributed by atoms with Crippen molar-refractivity contribution in [2.24, 2.45) is 11.7 Å². The maximum absolute atomic E-state index is 13.0. The number of hydrogen-bond acceptors (Lipinski definition) is 3. The van der Waals surface area contributed by atoms with Crippen LogP contribution in [0.5, 0.6) is 0 Å². The number of aromatic nitrogens is 2. The molecule has 2 fully saturated rings. The molecule has 1 amide bonds. The molecule has 5 nitrogen and oxygen atoms in total. The number of pyridine rings is 1. The van der Waals surface area contributed by atoms with E-state index >= 15 is 0 Å². The van der Waals surface area contributed by atoms with Crippen LogP contribution in [0.1, 0.15) is 56.9 Å². The number of fused-ring (bicyclic) bond motifs is 1. The first-order valence-electron chi connectivity index (χ1n) is 9.56. The Kier molecular flexibility index (Phi) is 7.17. The summed E-state index contributed by atoms with van der Waals surface area (Å²) in [6.07, 6.45) is 10.1. The molecule has 27 heavy (non-hydrogen) atoms. The predicted molar refractivity (Wildman–Crippen MR) is 114 cm³/mol. The van der Waals surface area contributed by atoms with E-state index in [1.807, 2.05) is 12.3 Å². The molecule has 1 aliphatic heterocycles. The van der Waals surface area contributed by atoms with Crippen LogP contribution in [0.4, 0.5) is 0 Å². The molecule has 1 saturated heterocycles. The Morgan fingerprint density at radius 1 is 1.26 bits per heavy atom. The molecule has 2 aliphatic rings. The van der Waals surface area contributed by atoms with Gasteiger partial charge in [-0.25, -0.2) is 4.98 Å². The third kappa shape index (κ3) is 4.25. The summed E-state index contributed by atoms with van der Waals surface area (Å²) in [7, 11) is 0. The number of piperidine rings is 1. The summed E-state index contributed by atoms with van der Waals surface area (Å²) in [4.78, 5) is 22.7. The van der Waals surface area contributed by atoms with E-state index < -0.39 is 0 Å². The molecule has 1 saturated carbocycles. The van der Waals surface area contributed by atoms with Crippen LogP contribution in [0.15, 0.2) is 24.5 Å². The zero-order valence-electron chi connectivity index (χ0n) is 15.8. The van der Waals surface area contributed by atoms with Crippen LogP contribution < -0.4 is 5.73 Å². The van der Waals surface area contributed by atoms with E-state index in [1.165, 1.54) is 10.9 Å². The number of rotatable bonds is 2. The minimum atomic E-state index is -0.339. The quantitative estimate of drug-likeness (QED) is 0.781. The topological polar surface area (TPSA) is 75.0 Å². The minimum Gasteiger partial charge on any atom is -0.346 e. The zero-order chi connectivity index (χ0) is 17.4. The van der Waals surface area contributed by atoms with Crippen molar-refractivity contribution in [3.8, 4) is 0 Å². The number of amides is 1. The normalized spacial score (nSPS) is 26.3. The fourth-order valence-electron chi connectivity index (χ4n) is 4.71. The summed E-state index contributed by atoms with van der Waals surface area (Å²) in [5.74, 6) is 0.774. The van der Waals surface area contributed by atoms with E-state index in [0.29, 0.717) is 5.92 Å². The summed E-state index contributed by atoms with van der Waals surface area (Å²) >= 11 is 0. The van der Waals surface area contributed by atoms with Gasteiger partial charge in [-0.2, -0.15) is 0 Å². The van der Waals surface area contributed by atoms with E-state index in [9.17, 15) is 4.79 Å². The first kappa shape index (κ1) is 22.0. The van der Waals surface area contributed by atoms with E-state index in [4.69, 9.17) is 5.73 Å². The van der Waals surface area contributed by atoms with Gasteiger partial charge in [0.2, 0.25) is 5.91 Å². The van der Waals surface area contributed by atoms with Crippen molar-refractivity contribution in [1.82, 2.24) is 14.9 Å². The molecule has 0 spiro atoms. The van der Waals surface area contributed by atoms with Gasteiger partial charge >= 0.3 is 0 Å². The molecule has 2 atom stereocenters. The van der Waals surface area contributed by atoms with Gasteiger partial charge < -0.3 is 15.6 Å². The molecule has 2 aromatic rings. The van der Waals surface area contributed by atoms with Gasteiger partial charge in [0, 0.05) is 36.4 Å². The Morgan fingerprint density at radius 2 is 2.00 bits per heavy atom. The van der Waals surface area contributed by atoms with Gasteiger partial charge in [0.05, 0.1) is 5.92 Å². The van der Waals surface area contributed by atoms with Crippen LogP contribution in [0, 0.1) is 5.92 Å². The molecule has 0 radical (unpaired) electrons. The SMILES string of the molecule is CC1(N)CCCCC1C(=O)N1CCC(c2c[nH]c3ncccc23)CC1.Cl.Cl. The number of aromatic amines is 1. The molecule has 0 aromatic carbocycles. The standard InChI is InChI=1S/C20H28N4O.2ClH/c1-20(21)9-3-2-6-17(20)19(25)24-11-7-14(8-12-24)16-13-23-18-15(16)5-4-10-22-18;;/h4-5,10,13-14,17H,2-3,6-9,11-12,21H2,1H3,(H,22,23);2*1H. The Morgan fingerprint density at radius 3 is 2.70 bits per heavy atom. The third-order valence-electron chi connectivity index (χ3n) is 6.28. The number of nitrogens with one attached hydrogen (secondary N) is 1. The lowest BCUT2D eigenvalue weighted by molar-refractivity contribution is -0.140. The Hall–Kier alpha value is -1.30. The molecular formula is C20H30Cl2N4O. The van der Waals surface area contributed by atoms with Crippen LogP contribution >= 0.6 is 24.8 Å². The summed E-state index contributed by atoms with van der Waals surface area (Å²) in [5.41, 5.74) is 8.40.